The maximum Gasteiger partial charge on any atom is 0.407 e. The van der Waals surface area contributed by atoms with Crippen LogP contribution in [0.3, 0.4) is 0 Å². The predicted octanol–water partition coefficient (Wildman–Crippen LogP) is 2.16. The van der Waals surface area contributed by atoms with Gasteiger partial charge in [-0.05, 0) is 26.8 Å². The van der Waals surface area contributed by atoms with Crippen molar-refractivity contribution in [1.82, 2.24) is 15.6 Å². The van der Waals surface area contributed by atoms with Gasteiger partial charge < -0.3 is 24.8 Å². The third-order valence-electron chi connectivity index (χ3n) is 3.31. The molecule has 1 aromatic heterocycles. The molecule has 9 heteroatoms. The number of rotatable bonds is 6. The number of amides is 2. The number of carbonyl (C=O) groups is 2. The summed E-state index contributed by atoms with van der Waals surface area (Å²) in [6.45, 7) is 6.97. The Morgan fingerprint density at radius 1 is 1.35 bits per heavy atom. The van der Waals surface area contributed by atoms with Crippen LogP contribution in [0.1, 0.15) is 37.6 Å². The third-order valence-corrected chi connectivity index (χ3v) is 3.59. The van der Waals surface area contributed by atoms with E-state index in [0.717, 1.165) is 6.42 Å². The highest BCUT2D eigenvalue weighted by Gasteiger charge is 2.20. The smallest absolute Gasteiger partial charge is 0.407 e. The maximum atomic E-state index is 12.1. The van der Waals surface area contributed by atoms with Gasteiger partial charge in [-0.25, -0.2) is 9.78 Å². The second-order valence-corrected chi connectivity index (χ2v) is 7.21. The van der Waals surface area contributed by atoms with E-state index in [0.29, 0.717) is 18.8 Å². The standard InChI is InChI=1S/C17H24ClN3O5/c1-17(2,3)26-16(23)20-6-5-19-14(22)11-8-13(18)15(21-9-11)25-12-4-7-24-10-12/h8-9,12H,4-7,10H2,1-3H3,(H,19,22)(H,20,23). The van der Waals surface area contributed by atoms with Crippen LogP contribution < -0.4 is 15.4 Å². The molecule has 1 unspecified atom stereocenters. The minimum absolute atomic E-state index is 0.0707. The molecule has 144 valence electrons. The van der Waals surface area contributed by atoms with Crippen molar-refractivity contribution in [3.8, 4) is 5.88 Å². The topological polar surface area (TPSA) is 98.8 Å². The summed E-state index contributed by atoms with van der Waals surface area (Å²) in [6, 6.07) is 1.50. The molecule has 1 saturated heterocycles. The van der Waals surface area contributed by atoms with Crippen LogP contribution in [0.25, 0.3) is 0 Å². The summed E-state index contributed by atoms with van der Waals surface area (Å²) >= 11 is 6.13. The number of alkyl carbamates (subject to hydrolysis) is 1. The van der Waals surface area contributed by atoms with E-state index in [9.17, 15) is 9.59 Å². The molecule has 0 radical (unpaired) electrons. The summed E-state index contributed by atoms with van der Waals surface area (Å²) < 4.78 is 16.0. The molecule has 8 nitrogen and oxygen atoms in total. The quantitative estimate of drug-likeness (QED) is 0.728. The number of nitrogens with zero attached hydrogens (tertiary/aromatic N) is 1. The van der Waals surface area contributed by atoms with Gasteiger partial charge in [-0.2, -0.15) is 0 Å². The van der Waals surface area contributed by atoms with Gasteiger partial charge in [0.1, 0.15) is 16.7 Å². The zero-order chi connectivity index (χ0) is 19.2. The molecule has 1 aromatic rings. The third kappa shape index (κ3) is 6.68. The zero-order valence-electron chi connectivity index (χ0n) is 15.1. The zero-order valence-corrected chi connectivity index (χ0v) is 15.9. The van der Waals surface area contributed by atoms with Crippen molar-refractivity contribution in [1.29, 1.82) is 0 Å². The van der Waals surface area contributed by atoms with E-state index in [4.69, 9.17) is 25.8 Å². The van der Waals surface area contributed by atoms with Crippen molar-refractivity contribution in [3.63, 3.8) is 0 Å². The normalized spacial score (nSPS) is 16.8. The lowest BCUT2D eigenvalue weighted by Crippen LogP contribution is -2.37. The van der Waals surface area contributed by atoms with Gasteiger partial charge in [0.05, 0.1) is 18.8 Å². The fourth-order valence-electron chi connectivity index (χ4n) is 2.16. The van der Waals surface area contributed by atoms with Crippen LogP contribution in [0, 0.1) is 0 Å². The van der Waals surface area contributed by atoms with Crippen molar-refractivity contribution in [3.05, 3.63) is 22.8 Å². The molecule has 0 aromatic carbocycles. The van der Waals surface area contributed by atoms with Gasteiger partial charge in [0, 0.05) is 25.7 Å². The van der Waals surface area contributed by atoms with Crippen molar-refractivity contribution in [2.75, 3.05) is 26.3 Å². The van der Waals surface area contributed by atoms with E-state index >= 15 is 0 Å². The van der Waals surface area contributed by atoms with Crippen molar-refractivity contribution < 1.29 is 23.8 Å². The van der Waals surface area contributed by atoms with Gasteiger partial charge in [0.25, 0.3) is 5.91 Å². The largest absolute Gasteiger partial charge is 0.471 e. The first-order valence-electron chi connectivity index (χ1n) is 8.39. The molecule has 26 heavy (non-hydrogen) atoms. The molecule has 0 bridgehead atoms. The van der Waals surface area contributed by atoms with Gasteiger partial charge in [-0.15, -0.1) is 0 Å². The van der Waals surface area contributed by atoms with E-state index in [1.165, 1.54) is 12.3 Å². The fraction of sp³-hybridized carbons (Fsp3) is 0.588. The molecule has 0 spiro atoms. The highest BCUT2D eigenvalue weighted by Crippen LogP contribution is 2.25. The Labute approximate surface area is 157 Å². The van der Waals surface area contributed by atoms with Gasteiger partial charge in [-0.1, -0.05) is 11.6 Å². The number of hydrogen-bond acceptors (Lipinski definition) is 6. The first-order chi connectivity index (χ1) is 12.2. The molecule has 0 saturated carbocycles. The van der Waals surface area contributed by atoms with Gasteiger partial charge in [0.15, 0.2) is 0 Å². The van der Waals surface area contributed by atoms with E-state index in [-0.39, 0.29) is 36.0 Å². The van der Waals surface area contributed by atoms with Crippen LogP contribution in [0.15, 0.2) is 12.3 Å². The molecular weight excluding hydrogens is 362 g/mol. The Kier molecular flexibility index (Phi) is 7.05. The number of aromatic nitrogens is 1. The molecular formula is C17H24ClN3O5. The highest BCUT2D eigenvalue weighted by molar-refractivity contribution is 6.32. The average Bonchev–Trinajstić information content (AvgIpc) is 3.04. The van der Waals surface area contributed by atoms with Crippen LogP contribution >= 0.6 is 11.6 Å². The molecule has 1 aliphatic heterocycles. The van der Waals surface area contributed by atoms with Crippen molar-refractivity contribution in [2.24, 2.45) is 0 Å². The van der Waals surface area contributed by atoms with E-state index < -0.39 is 11.7 Å². The summed E-state index contributed by atoms with van der Waals surface area (Å²) in [6.07, 6.45) is 1.57. The van der Waals surface area contributed by atoms with Crippen molar-refractivity contribution in [2.45, 2.75) is 38.9 Å². The number of pyridine rings is 1. The van der Waals surface area contributed by atoms with Crippen LogP contribution in [-0.4, -0.2) is 55.0 Å². The Morgan fingerprint density at radius 2 is 2.08 bits per heavy atom. The number of ether oxygens (including phenoxy) is 3. The Balaban J connectivity index is 1.76. The lowest BCUT2D eigenvalue weighted by Gasteiger charge is -2.19. The van der Waals surface area contributed by atoms with Gasteiger partial charge in [0.2, 0.25) is 5.88 Å². The molecule has 0 aliphatic carbocycles. The minimum atomic E-state index is -0.565. The molecule has 1 aliphatic rings. The summed E-state index contributed by atoms with van der Waals surface area (Å²) in [7, 11) is 0. The fourth-order valence-corrected chi connectivity index (χ4v) is 2.37. The van der Waals surface area contributed by atoms with E-state index in [1.54, 1.807) is 20.8 Å². The number of halogens is 1. The second kappa shape index (κ2) is 9.05. The summed E-state index contributed by atoms with van der Waals surface area (Å²) in [5.74, 6) is -0.0635. The molecule has 2 N–H and O–H groups in total. The highest BCUT2D eigenvalue weighted by atomic mass is 35.5. The SMILES string of the molecule is CC(C)(C)OC(=O)NCCNC(=O)c1cnc(OC2CCOC2)c(Cl)c1. The van der Waals surface area contributed by atoms with E-state index in [1.807, 2.05) is 0 Å². The summed E-state index contributed by atoms with van der Waals surface area (Å²) in [4.78, 5) is 27.7. The van der Waals surface area contributed by atoms with Crippen LogP contribution in [0.2, 0.25) is 5.02 Å². The monoisotopic (exact) mass is 385 g/mol. The number of carbonyl (C=O) groups excluding carboxylic acids is 2. The van der Waals surface area contributed by atoms with E-state index in [2.05, 4.69) is 15.6 Å². The van der Waals surface area contributed by atoms with Gasteiger partial charge in [-0.3, -0.25) is 4.79 Å². The van der Waals surface area contributed by atoms with Crippen LogP contribution in [0.5, 0.6) is 5.88 Å². The number of hydrogen-bond donors (Lipinski definition) is 2. The lowest BCUT2D eigenvalue weighted by molar-refractivity contribution is 0.0526. The van der Waals surface area contributed by atoms with Crippen LogP contribution in [-0.2, 0) is 9.47 Å². The van der Waals surface area contributed by atoms with Gasteiger partial charge >= 0.3 is 6.09 Å². The van der Waals surface area contributed by atoms with Crippen molar-refractivity contribution >= 4 is 23.6 Å². The Hall–Kier alpha value is -2.06. The maximum absolute atomic E-state index is 12.1. The Bertz CT molecular complexity index is 642. The summed E-state index contributed by atoms with van der Waals surface area (Å²) in [5.41, 5.74) is -0.258. The second-order valence-electron chi connectivity index (χ2n) is 6.80. The van der Waals surface area contributed by atoms with Crippen LogP contribution in [0.4, 0.5) is 4.79 Å². The molecule has 2 rings (SSSR count). The number of nitrogens with one attached hydrogen (secondary N) is 2. The Morgan fingerprint density at radius 3 is 2.69 bits per heavy atom. The molecule has 2 amide bonds. The lowest BCUT2D eigenvalue weighted by atomic mass is 10.2. The molecule has 1 fully saturated rings. The first kappa shape index (κ1) is 20.3. The average molecular weight is 386 g/mol. The first-order valence-corrected chi connectivity index (χ1v) is 8.77. The minimum Gasteiger partial charge on any atom is -0.471 e. The molecule has 1 atom stereocenters. The molecule has 2 heterocycles. The predicted molar refractivity (Wildman–Crippen MR) is 95.7 cm³/mol. The summed E-state index contributed by atoms with van der Waals surface area (Å²) in [5, 5.41) is 5.49.